The predicted octanol–water partition coefficient (Wildman–Crippen LogP) is 3.42. The van der Waals surface area contributed by atoms with Gasteiger partial charge in [0, 0.05) is 18.2 Å². The van der Waals surface area contributed by atoms with Crippen molar-refractivity contribution in [3.05, 3.63) is 51.3 Å². The van der Waals surface area contributed by atoms with Crippen molar-refractivity contribution < 1.29 is 4.74 Å². The fourth-order valence-electron chi connectivity index (χ4n) is 2.02. The molecule has 3 nitrogen and oxygen atoms in total. The lowest BCUT2D eigenvalue weighted by Crippen LogP contribution is -2.20. The van der Waals surface area contributed by atoms with E-state index in [1.807, 2.05) is 18.2 Å². The molecular weight excluding hydrogens is 286 g/mol. The molecule has 0 aliphatic carbocycles. The number of aromatic nitrogens is 1. The van der Waals surface area contributed by atoms with E-state index in [0.717, 1.165) is 11.3 Å². The third-order valence-corrected chi connectivity index (χ3v) is 3.51. The number of benzene rings is 1. The quantitative estimate of drug-likeness (QED) is 0.814. The van der Waals surface area contributed by atoms with Crippen LogP contribution in [-0.4, -0.2) is 11.2 Å². The number of nitrogens with zero attached hydrogens (tertiary/aromatic N) is 1. The van der Waals surface area contributed by atoms with Gasteiger partial charge in [-0.25, -0.2) is 0 Å². The first kappa shape index (κ1) is 15.2. The van der Waals surface area contributed by atoms with E-state index in [0.29, 0.717) is 22.9 Å². The molecule has 1 heterocycles. The van der Waals surface area contributed by atoms with Crippen LogP contribution < -0.4 is 10.3 Å². The number of aryl methyl sites for hydroxylation is 1. The Labute approximate surface area is 129 Å². The molecule has 108 valence electrons. The second-order valence-corrected chi connectivity index (χ2v) is 5.03. The van der Waals surface area contributed by atoms with Crippen molar-refractivity contribution >= 4 is 11.6 Å². The van der Waals surface area contributed by atoms with E-state index in [1.165, 1.54) is 0 Å². The Morgan fingerprint density at radius 1 is 1.29 bits per heavy atom. The molecule has 0 N–H and O–H groups in total. The highest BCUT2D eigenvalue weighted by Crippen LogP contribution is 2.30. The molecular formula is C17H16ClNO2. The summed E-state index contributed by atoms with van der Waals surface area (Å²) in [6.45, 7) is 3.88. The van der Waals surface area contributed by atoms with Gasteiger partial charge in [-0.3, -0.25) is 4.79 Å². The van der Waals surface area contributed by atoms with Gasteiger partial charge in [0.15, 0.2) is 0 Å². The van der Waals surface area contributed by atoms with Crippen molar-refractivity contribution in [1.82, 2.24) is 4.57 Å². The predicted molar refractivity (Wildman–Crippen MR) is 85.8 cm³/mol. The molecule has 0 atom stereocenters. The van der Waals surface area contributed by atoms with Crippen LogP contribution in [0.4, 0.5) is 0 Å². The molecule has 21 heavy (non-hydrogen) atoms. The van der Waals surface area contributed by atoms with E-state index in [2.05, 4.69) is 11.8 Å². The first-order chi connectivity index (χ1) is 10.0. The van der Waals surface area contributed by atoms with Gasteiger partial charge in [-0.1, -0.05) is 23.6 Å². The van der Waals surface area contributed by atoms with Crippen LogP contribution in [0.3, 0.4) is 0 Å². The molecule has 0 radical (unpaired) electrons. The second-order valence-electron chi connectivity index (χ2n) is 4.62. The van der Waals surface area contributed by atoms with Crippen molar-refractivity contribution in [3.8, 4) is 28.8 Å². The van der Waals surface area contributed by atoms with Crippen molar-refractivity contribution in [2.45, 2.75) is 13.8 Å². The summed E-state index contributed by atoms with van der Waals surface area (Å²) in [4.78, 5) is 12.0. The molecule has 0 spiro atoms. The Hall–Kier alpha value is -2.18. The van der Waals surface area contributed by atoms with E-state index < -0.39 is 0 Å². The van der Waals surface area contributed by atoms with Crippen LogP contribution in [-0.2, 0) is 7.05 Å². The van der Waals surface area contributed by atoms with Gasteiger partial charge in [0.2, 0.25) is 0 Å². The number of halogens is 1. The molecule has 1 aromatic carbocycles. The van der Waals surface area contributed by atoms with Crippen LogP contribution in [0.2, 0.25) is 5.02 Å². The zero-order valence-electron chi connectivity index (χ0n) is 12.2. The number of hydrogen-bond acceptors (Lipinski definition) is 2. The molecule has 2 rings (SSSR count). The molecule has 4 heteroatoms. The maximum absolute atomic E-state index is 12.0. The fraction of sp³-hybridized carbons (Fsp3) is 0.235. The highest BCUT2D eigenvalue weighted by molar-refractivity contribution is 6.33. The van der Waals surface area contributed by atoms with E-state index >= 15 is 0 Å². The molecule has 0 aliphatic rings. The van der Waals surface area contributed by atoms with Gasteiger partial charge in [0.25, 0.3) is 5.56 Å². The topological polar surface area (TPSA) is 31.2 Å². The van der Waals surface area contributed by atoms with Crippen molar-refractivity contribution in [2.24, 2.45) is 7.05 Å². The number of ether oxygens (including phenoxy) is 1. The third kappa shape index (κ3) is 3.29. The zero-order valence-corrected chi connectivity index (χ0v) is 13.0. The minimum Gasteiger partial charge on any atom is -0.481 e. The van der Waals surface area contributed by atoms with E-state index in [-0.39, 0.29) is 5.56 Å². The van der Waals surface area contributed by atoms with E-state index in [4.69, 9.17) is 16.3 Å². The standard InChI is InChI=1S/C17H16ClNO2/c1-4-5-10-21-13-7-8-14(15(18)11-13)16-9-6-12(2)17(20)19(16)3/h6-9,11H,10H2,1-3H3. The number of rotatable bonds is 3. The van der Waals surface area contributed by atoms with Gasteiger partial charge in [0.05, 0.1) is 10.7 Å². The SMILES string of the molecule is CC#CCOc1ccc(-c2ccc(C)c(=O)n2C)c(Cl)c1. The van der Waals surface area contributed by atoms with Crippen LogP contribution in [0.15, 0.2) is 35.1 Å². The largest absolute Gasteiger partial charge is 0.481 e. The molecule has 0 fully saturated rings. The summed E-state index contributed by atoms with van der Waals surface area (Å²) >= 11 is 6.31. The Kier molecular flexibility index (Phi) is 4.72. The van der Waals surface area contributed by atoms with Crippen LogP contribution in [0, 0.1) is 18.8 Å². The summed E-state index contributed by atoms with van der Waals surface area (Å²) in [6.07, 6.45) is 0. The van der Waals surface area contributed by atoms with Gasteiger partial charge in [0.1, 0.15) is 12.4 Å². The van der Waals surface area contributed by atoms with Gasteiger partial charge >= 0.3 is 0 Å². The molecule has 0 saturated carbocycles. The Bertz CT molecular complexity index is 782. The maximum atomic E-state index is 12.0. The van der Waals surface area contributed by atoms with Gasteiger partial charge in [-0.2, -0.15) is 0 Å². The van der Waals surface area contributed by atoms with Crippen molar-refractivity contribution in [2.75, 3.05) is 6.61 Å². The third-order valence-electron chi connectivity index (χ3n) is 3.20. The normalized spacial score (nSPS) is 9.90. The average Bonchev–Trinajstić information content (AvgIpc) is 2.46. The zero-order chi connectivity index (χ0) is 15.4. The fourth-order valence-corrected chi connectivity index (χ4v) is 2.28. The average molecular weight is 302 g/mol. The lowest BCUT2D eigenvalue weighted by atomic mass is 10.1. The summed E-state index contributed by atoms with van der Waals surface area (Å²) in [5.74, 6) is 6.24. The smallest absolute Gasteiger partial charge is 0.253 e. The molecule has 0 bridgehead atoms. The van der Waals surface area contributed by atoms with Crippen molar-refractivity contribution in [1.29, 1.82) is 0 Å². The molecule has 0 unspecified atom stereocenters. The monoisotopic (exact) mass is 301 g/mol. The second kappa shape index (κ2) is 6.51. The van der Waals surface area contributed by atoms with Crippen LogP contribution in [0.1, 0.15) is 12.5 Å². The summed E-state index contributed by atoms with van der Waals surface area (Å²) in [5.41, 5.74) is 2.25. The highest BCUT2D eigenvalue weighted by Gasteiger charge is 2.10. The molecule has 0 amide bonds. The lowest BCUT2D eigenvalue weighted by Gasteiger charge is -2.12. The van der Waals surface area contributed by atoms with E-state index in [1.54, 1.807) is 37.6 Å². The van der Waals surface area contributed by atoms with E-state index in [9.17, 15) is 4.79 Å². The van der Waals surface area contributed by atoms with Crippen molar-refractivity contribution in [3.63, 3.8) is 0 Å². The van der Waals surface area contributed by atoms with Gasteiger partial charge < -0.3 is 9.30 Å². The first-order valence-electron chi connectivity index (χ1n) is 6.53. The Balaban J connectivity index is 2.39. The number of hydrogen-bond donors (Lipinski definition) is 0. The molecule has 0 saturated heterocycles. The Morgan fingerprint density at radius 3 is 2.71 bits per heavy atom. The van der Waals surface area contributed by atoms with Gasteiger partial charge in [-0.15, -0.1) is 5.92 Å². The Morgan fingerprint density at radius 2 is 2.05 bits per heavy atom. The summed E-state index contributed by atoms with van der Waals surface area (Å²) in [7, 11) is 1.74. The molecule has 0 aliphatic heterocycles. The summed E-state index contributed by atoms with van der Waals surface area (Å²) in [6, 6.07) is 9.10. The summed E-state index contributed by atoms with van der Waals surface area (Å²) < 4.78 is 7.06. The minimum absolute atomic E-state index is 0.0258. The van der Waals surface area contributed by atoms with Crippen LogP contribution in [0.25, 0.3) is 11.3 Å². The van der Waals surface area contributed by atoms with Crippen LogP contribution in [0.5, 0.6) is 5.75 Å². The lowest BCUT2D eigenvalue weighted by molar-refractivity contribution is 0.370. The van der Waals surface area contributed by atoms with Crippen LogP contribution >= 0.6 is 11.6 Å². The molecule has 2 aromatic rings. The maximum Gasteiger partial charge on any atom is 0.253 e. The van der Waals surface area contributed by atoms with Gasteiger partial charge in [-0.05, 0) is 38.1 Å². The number of pyridine rings is 1. The minimum atomic E-state index is -0.0258. The summed E-state index contributed by atoms with van der Waals surface area (Å²) in [5, 5.41) is 0.538. The highest BCUT2D eigenvalue weighted by atomic mass is 35.5. The molecule has 1 aromatic heterocycles. The first-order valence-corrected chi connectivity index (χ1v) is 6.91.